The van der Waals surface area contributed by atoms with E-state index in [2.05, 4.69) is 21.2 Å². The summed E-state index contributed by atoms with van der Waals surface area (Å²) in [5.41, 5.74) is 0. The van der Waals surface area contributed by atoms with Crippen LogP contribution in [0.5, 0.6) is 0 Å². The summed E-state index contributed by atoms with van der Waals surface area (Å²) in [4.78, 5) is 0.116. The van der Waals surface area contributed by atoms with Crippen LogP contribution in [0.25, 0.3) is 0 Å². The lowest BCUT2D eigenvalue weighted by Gasteiger charge is -2.31. The smallest absolute Gasteiger partial charge is 0.244 e. The molecule has 106 valence electrons. The van der Waals surface area contributed by atoms with Crippen LogP contribution in [0.4, 0.5) is 4.39 Å². The second kappa shape index (κ2) is 5.87. The average Bonchev–Trinajstić information content (AvgIpc) is 2.38. The zero-order valence-corrected chi connectivity index (χ0v) is 13.0. The molecule has 1 aliphatic heterocycles. The minimum Gasteiger partial charge on any atom is -0.316 e. The molecule has 0 unspecified atom stereocenters. The van der Waals surface area contributed by atoms with Crippen molar-refractivity contribution in [1.82, 2.24) is 9.62 Å². The standard InChI is InChI=1S/C12H16BrFN2O2S/c1-15-10-3-2-6-16(8-10)19(17,18)12-5-4-9(14)7-11(12)13/h4-5,7,10,15H,2-3,6,8H2,1H3/t10-/m1/s1. The van der Waals surface area contributed by atoms with Crippen molar-refractivity contribution in [3.05, 3.63) is 28.5 Å². The fraction of sp³-hybridized carbons (Fsp3) is 0.500. The summed E-state index contributed by atoms with van der Waals surface area (Å²) in [6, 6.07) is 3.81. The molecule has 1 heterocycles. The number of rotatable bonds is 3. The van der Waals surface area contributed by atoms with Crippen molar-refractivity contribution in [3.8, 4) is 0 Å². The molecule has 2 rings (SSSR count). The third-order valence-electron chi connectivity index (χ3n) is 3.30. The lowest BCUT2D eigenvalue weighted by molar-refractivity contribution is 0.292. The summed E-state index contributed by atoms with van der Waals surface area (Å²) in [5, 5.41) is 3.10. The Bertz CT molecular complexity index is 565. The van der Waals surface area contributed by atoms with Crippen molar-refractivity contribution in [2.24, 2.45) is 0 Å². The van der Waals surface area contributed by atoms with Crippen LogP contribution in [0, 0.1) is 5.82 Å². The predicted octanol–water partition coefficient (Wildman–Crippen LogP) is 1.96. The molecule has 1 N–H and O–H groups in total. The SMILES string of the molecule is CN[C@@H]1CCCN(S(=O)(=O)c2ccc(F)cc2Br)C1. The highest BCUT2D eigenvalue weighted by Crippen LogP contribution is 2.27. The van der Waals surface area contributed by atoms with E-state index in [0.717, 1.165) is 18.9 Å². The van der Waals surface area contributed by atoms with Crippen molar-refractivity contribution in [2.75, 3.05) is 20.1 Å². The highest BCUT2D eigenvalue weighted by molar-refractivity contribution is 9.10. The van der Waals surface area contributed by atoms with Gasteiger partial charge in [-0.15, -0.1) is 0 Å². The van der Waals surface area contributed by atoms with Crippen LogP contribution in [0.1, 0.15) is 12.8 Å². The van der Waals surface area contributed by atoms with Gasteiger partial charge in [-0.3, -0.25) is 0 Å². The predicted molar refractivity (Wildman–Crippen MR) is 74.9 cm³/mol. The first-order valence-electron chi connectivity index (χ1n) is 6.07. The Balaban J connectivity index is 2.31. The summed E-state index contributed by atoms with van der Waals surface area (Å²) in [6.45, 7) is 0.951. The molecule has 4 nitrogen and oxygen atoms in total. The van der Waals surface area contributed by atoms with Crippen LogP contribution in [-0.2, 0) is 10.0 Å². The van der Waals surface area contributed by atoms with E-state index < -0.39 is 15.8 Å². The second-order valence-corrected chi connectivity index (χ2v) is 7.33. The molecule has 1 aromatic rings. The van der Waals surface area contributed by atoms with Gasteiger partial charge in [0.05, 0.1) is 4.90 Å². The summed E-state index contributed by atoms with van der Waals surface area (Å²) in [7, 11) is -1.74. The molecule has 7 heteroatoms. The van der Waals surface area contributed by atoms with Crippen LogP contribution < -0.4 is 5.32 Å². The first kappa shape index (κ1) is 14.9. The van der Waals surface area contributed by atoms with Crippen LogP contribution in [-0.4, -0.2) is 38.9 Å². The maximum absolute atomic E-state index is 13.0. The van der Waals surface area contributed by atoms with E-state index in [0.29, 0.717) is 13.1 Å². The van der Waals surface area contributed by atoms with E-state index in [1.807, 2.05) is 7.05 Å². The third kappa shape index (κ3) is 3.16. The maximum Gasteiger partial charge on any atom is 0.244 e. The van der Waals surface area contributed by atoms with E-state index >= 15 is 0 Å². The van der Waals surface area contributed by atoms with Crippen molar-refractivity contribution in [2.45, 2.75) is 23.8 Å². The molecular formula is C12H16BrFN2O2S. The number of benzene rings is 1. The monoisotopic (exact) mass is 350 g/mol. The van der Waals surface area contributed by atoms with Crippen molar-refractivity contribution >= 4 is 26.0 Å². The molecule has 1 aliphatic rings. The number of nitrogens with zero attached hydrogens (tertiary/aromatic N) is 1. The van der Waals surface area contributed by atoms with Crippen molar-refractivity contribution in [1.29, 1.82) is 0 Å². The Morgan fingerprint density at radius 3 is 2.84 bits per heavy atom. The van der Waals surface area contributed by atoms with Crippen LogP contribution >= 0.6 is 15.9 Å². The van der Waals surface area contributed by atoms with Crippen LogP contribution in [0.2, 0.25) is 0 Å². The minimum atomic E-state index is -3.57. The number of piperidine rings is 1. The largest absolute Gasteiger partial charge is 0.316 e. The molecule has 0 bridgehead atoms. The molecule has 1 saturated heterocycles. The quantitative estimate of drug-likeness (QED) is 0.906. The first-order chi connectivity index (χ1) is 8.95. The van der Waals surface area contributed by atoms with Gasteiger partial charge >= 0.3 is 0 Å². The van der Waals surface area contributed by atoms with Gasteiger partial charge in [-0.1, -0.05) is 0 Å². The molecule has 0 saturated carbocycles. The number of halogens is 2. The fourth-order valence-electron chi connectivity index (χ4n) is 2.22. The summed E-state index contributed by atoms with van der Waals surface area (Å²) in [5.74, 6) is -0.461. The molecule has 1 aromatic carbocycles. The zero-order valence-electron chi connectivity index (χ0n) is 10.6. The molecule has 1 atom stereocenters. The highest BCUT2D eigenvalue weighted by Gasteiger charge is 2.31. The Labute approximate surface area is 121 Å². The van der Waals surface area contributed by atoms with E-state index in [1.165, 1.54) is 16.4 Å². The Morgan fingerprint density at radius 2 is 2.21 bits per heavy atom. The number of likely N-dealkylation sites (N-methyl/N-ethyl adjacent to an activating group) is 1. The van der Waals surface area contributed by atoms with Gasteiger partial charge < -0.3 is 5.32 Å². The van der Waals surface area contributed by atoms with Crippen molar-refractivity contribution in [3.63, 3.8) is 0 Å². The Kier molecular flexibility index (Phi) is 4.60. The van der Waals surface area contributed by atoms with Gasteiger partial charge in [0.1, 0.15) is 5.82 Å². The Morgan fingerprint density at radius 1 is 1.47 bits per heavy atom. The van der Waals surface area contributed by atoms with Gasteiger partial charge in [0.25, 0.3) is 0 Å². The fourth-order valence-corrected chi connectivity index (χ4v) is 4.75. The van der Waals surface area contributed by atoms with Gasteiger partial charge in [0, 0.05) is 23.6 Å². The average molecular weight is 351 g/mol. The molecule has 0 amide bonds. The normalized spacial score (nSPS) is 21.5. The van der Waals surface area contributed by atoms with E-state index in [-0.39, 0.29) is 15.4 Å². The highest BCUT2D eigenvalue weighted by atomic mass is 79.9. The molecular weight excluding hydrogens is 335 g/mol. The van der Waals surface area contributed by atoms with Crippen LogP contribution in [0.15, 0.2) is 27.6 Å². The summed E-state index contributed by atoms with van der Waals surface area (Å²) in [6.07, 6.45) is 1.79. The Hall–Kier alpha value is -0.500. The molecule has 19 heavy (non-hydrogen) atoms. The summed E-state index contributed by atoms with van der Waals surface area (Å²) >= 11 is 3.12. The van der Waals surface area contributed by atoms with Gasteiger partial charge in [-0.25, -0.2) is 12.8 Å². The molecule has 0 aromatic heterocycles. The number of nitrogens with one attached hydrogen (secondary N) is 1. The molecule has 1 fully saturated rings. The lowest BCUT2D eigenvalue weighted by atomic mass is 10.1. The van der Waals surface area contributed by atoms with Gasteiger partial charge in [-0.2, -0.15) is 4.31 Å². The zero-order chi connectivity index (χ0) is 14.0. The molecule has 0 radical (unpaired) electrons. The van der Waals surface area contributed by atoms with Gasteiger partial charge in [0.15, 0.2) is 0 Å². The summed E-state index contributed by atoms with van der Waals surface area (Å²) < 4.78 is 39.8. The minimum absolute atomic E-state index is 0.116. The van der Waals surface area contributed by atoms with E-state index in [1.54, 1.807) is 0 Å². The first-order valence-corrected chi connectivity index (χ1v) is 8.31. The van der Waals surface area contributed by atoms with E-state index in [4.69, 9.17) is 0 Å². The van der Waals surface area contributed by atoms with E-state index in [9.17, 15) is 12.8 Å². The van der Waals surface area contributed by atoms with Gasteiger partial charge in [0.2, 0.25) is 10.0 Å². The van der Waals surface area contributed by atoms with Crippen LogP contribution in [0.3, 0.4) is 0 Å². The molecule has 0 spiro atoms. The molecule has 0 aliphatic carbocycles. The van der Waals surface area contributed by atoms with Crippen molar-refractivity contribution < 1.29 is 12.8 Å². The topological polar surface area (TPSA) is 49.4 Å². The number of hydrogen-bond acceptors (Lipinski definition) is 3. The third-order valence-corrected chi connectivity index (χ3v) is 6.15. The number of sulfonamides is 1. The lowest BCUT2D eigenvalue weighted by Crippen LogP contribution is -2.46. The number of hydrogen-bond donors (Lipinski definition) is 1. The van der Waals surface area contributed by atoms with Gasteiger partial charge in [-0.05, 0) is 54.0 Å². The second-order valence-electron chi connectivity index (χ2n) is 4.57. The maximum atomic E-state index is 13.0.